The average molecular weight is 245 g/mol. The molecule has 0 saturated carbocycles. The van der Waals surface area contributed by atoms with Crippen molar-refractivity contribution in [1.29, 1.82) is 0 Å². The fourth-order valence-electron chi connectivity index (χ4n) is 3.21. The molecule has 96 valence electrons. The second kappa shape index (κ2) is 4.39. The maximum absolute atomic E-state index is 11.9. The van der Waals surface area contributed by atoms with Crippen LogP contribution < -0.4 is 4.90 Å². The summed E-state index contributed by atoms with van der Waals surface area (Å²) in [4.78, 5) is 13.9. The predicted molar refractivity (Wildman–Crippen MR) is 70.9 cm³/mol. The lowest BCUT2D eigenvalue weighted by Crippen LogP contribution is -2.31. The number of amides is 1. The van der Waals surface area contributed by atoms with E-state index in [1.807, 2.05) is 4.90 Å². The lowest BCUT2D eigenvalue weighted by atomic mass is 9.90. The Kier molecular flexibility index (Phi) is 2.86. The smallest absolute Gasteiger partial charge is 0.231 e. The van der Waals surface area contributed by atoms with Gasteiger partial charge in [0.25, 0.3) is 0 Å². The predicted octanol–water partition coefficient (Wildman–Crippen LogP) is 2.01. The van der Waals surface area contributed by atoms with Crippen molar-refractivity contribution in [1.82, 2.24) is 0 Å². The monoisotopic (exact) mass is 245 g/mol. The van der Waals surface area contributed by atoms with Gasteiger partial charge in [-0.05, 0) is 36.0 Å². The highest BCUT2D eigenvalue weighted by molar-refractivity contribution is 6.02. The van der Waals surface area contributed by atoms with E-state index in [4.69, 9.17) is 0 Å². The molecule has 1 aromatic carbocycles. The zero-order valence-electron chi connectivity index (χ0n) is 10.8. The summed E-state index contributed by atoms with van der Waals surface area (Å²) < 4.78 is 0. The molecule has 1 unspecified atom stereocenters. The number of anilines is 1. The highest BCUT2D eigenvalue weighted by atomic mass is 16.3. The summed E-state index contributed by atoms with van der Waals surface area (Å²) in [5.74, 6) is 0.442. The molecular weight excluding hydrogens is 226 g/mol. The molecule has 1 atom stereocenters. The number of carbonyl (C=O) groups excluding carboxylic acids is 1. The van der Waals surface area contributed by atoms with E-state index < -0.39 is 0 Å². The van der Waals surface area contributed by atoms with Gasteiger partial charge >= 0.3 is 0 Å². The van der Waals surface area contributed by atoms with Crippen LogP contribution in [0.2, 0.25) is 0 Å². The van der Waals surface area contributed by atoms with Gasteiger partial charge in [-0.2, -0.15) is 0 Å². The average Bonchev–Trinajstić information content (AvgIpc) is 2.70. The zero-order valence-corrected chi connectivity index (χ0v) is 10.8. The van der Waals surface area contributed by atoms with Crippen molar-refractivity contribution in [3.05, 3.63) is 28.8 Å². The molecule has 2 aliphatic heterocycles. The van der Waals surface area contributed by atoms with Crippen LogP contribution in [0.4, 0.5) is 5.69 Å². The topological polar surface area (TPSA) is 40.5 Å². The number of benzene rings is 1. The number of hydrogen-bond donors (Lipinski definition) is 1. The van der Waals surface area contributed by atoms with Gasteiger partial charge < -0.3 is 10.0 Å². The molecule has 0 aromatic heterocycles. The van der Waals surface area contributed by atoms with Gasteiger partial charge in [-0.25, -0.2) is 0 Å². The van der Waals surface area contributed by atoms with Crippen LogP contribution in [-0.4, -0.2) is 24.2 Å². The van der Waals surface area contributed by atoms with E-state index in [1.165, 1.54) is 22.4 Å². The van der Waals surface area contributed by atoms with E-state index in [0.717, 1.165) is 25.8 Å². The maximum Gasteiger partial charge on any atom is 0.231 e. The molecule has 2 heterocycles. The van der Waals surface area contributed by atoms with Gasteiger partial charge in [-0.1, -0.05) is 19.1 Å². The van der Waals surface area contributed by atoms with E-state index in [-0.39, 0.29) is 18.4 Å². The van der Waals surface area contributed by atoms with Gasteiger partial charge in [0.15, 0.2) is 0 Å². The summed E-state index contributed by atoms with van der Waals surface area (Å²) in [6.07, 6.45) is 3.59. The zero-order chi connectivity index (χ0) is 12.7. The highest BCUT2D eigenvalue weighted by Gasteiger charge is 2.32. The number of aliphatic hydroxyl groups is 1. The Balaban J connectivity index is 2.08. The maximum atomic E-state index is 11.9. The fourth-order valence-corrected chi connectivity index (χ4v) is 3.21. The Bertz CT molecular complexity index is 492. The first-order valence-corrected chi connectivity index (χ1v) is 6.81. The van der Waals surface area contributed by atoms with Crippen LogP contribution in [0.3, 0.4) is 0 Å². The normalized spacial score (nSPS) is 19.0. The Labute approximate surface area is 107 Å². The number of rotatable bonds is 3. The molecule has 1 aromatic rings. The molecule has 2 aliphatic rings. The molecule has 0 radical (unpaired) electrons. The summed E-state index contributed by atoms with van der Waals surface area (Å²) in [6.45, 7) is 3.15. The van der Waals surface area contributed by atoms with Crippen molar-refractivity contribution in [2.24, 2.45) is 0 Å². The Hall–Kier alpha value is -1.35. The quantitative estimate of drug-likeness (QED) is 0.885. The summed E-state index contributed by atoms with van der Waals surface area (Å²) in [7, 11) is 0. The molecular formula is C15H19NO2. The van der Waals surface area contributed by atoms with Crippen LogP contribution in [0.25, 0.3) is 0 Å². The van der Waals surface area contributed by atoms with E-state index in [1.54, 1.807) is 0 Å². The molecule has 18 heavy (non-hydrogen) atoms. The third kappa shape index (κ3) is 1.65. The van der Waals surface area contributed by atoms with E-state index in [0.29, 0.717) is 6.42 Å². The second-order valence-corrected chi connectivity index (χ2v) is 5.30. The molecule has 3 rings (SSSR count). The van der Waals surface area contributed by atoms with Crippen molar-refractivity contribution in [2.45, 2.75) is 38.5 Å². The molecule has 0 bridgehead atoms. The van der Waals surface area contributed by atoms with Crippen molar-refractivity contribution in [3.8, 4) is 0 Å². The van der Waals surface area contributed by atoms with Gasteiger partial charge in [0.2, 0.25) is 5.91 Å². The summed E-state index contributed by atoms with van der Waals surface area (Å²) in [5.41, 5.74) is 4.83. The van der Waals surface area contributed by atoms with Gasteiger partial charge in [-0.15, -0.1) is 0 Å². The van der Waals surface area contributed by atoms with E-state index in [2.05, 4.69) is 19.1 Å². The van der Waals surface area contributed by atoms with Crippen molar-refractivity contribution < 1.29 is 9.90 Å². The first-order valence-electron chi connectivity index (χ1n) is 6.81. The molecule has 0 spiro atoms. The first-order chi connectivity index (χ1) is 8.74. The van der Waals surface area contributed by atoms with Crippen molar-refractivity contribution in [3.63, 3.8) is 0 Å². The Morgan fingerprint density at radius 1 is 1.39 bits per heavy atom. The van der Waals surface area contributed by atoms with E-state index >= 15 is 0 Å². The Morgan fingerprint density at radius 2 is 2.17 bits per heavy atom. The van der Waals surface area contributed by atoms with Crippen LogP contribution in [0.5, 0.6) is 0 Å². The van der Waals surface area contributed by atoms with Gasteiger partial charge in [-0.3, -0.25) is 4.79 Å². The van der Waals surface area contributed by atoms with E-state index in [9.17, 15) is 9.90 Å². The summed E-state index contributed by atoms with van der Waals surface area (Å²) in [6, 6.07) is 4.33. The minimum absolute atomic E-state index is 0.187. The van der Waals surface area contributed by atoms with Crippen molar-refractivity contribution >= 4 is 11.6 Å². The number of aryl methyl sites for hydroxylation is 1. The number of carbonyl (C=O) groups is 1. The van der Waals surface area contributed by atoms with Crippen molar-refractivity contribution in [2.75, 3.05) is 18.1 Å². The van der Waals surface area contributed by atoms with Crippen LogP contribution in [0, 0.1) is 0 Å². The molecule has 0 fully saturated rings. The third-order valence-electron chi connectivity index (χ3n) is 4.22. The minimum Gasteiger partial charge on any atom is -0.396 e. The van der Waals surface area contributed by atoms with Gasteiger partial charge in [0.05, 0.1) is 12.1 Å². The van der Waals surface area contributed by atoms with Crippen LogP contribution >= 0.6 is 0 Å². The first kappa shape index (κ1) is 11.7. The Morgan fingerprint density at radius 3 is 2.89 bits per heavy atom. The summed E-state index contributed by atoms with van der Waals surface area (Å²) in [5, 5.41) is 9.43. The molecule has 1 N–H and O–H groups in total. The van der Waals surface area contributed by atoms with Crippen LogP contribution in [0.15, 0.2) is 12.1 Å². The molecule has 3 heteroatoms. The highest BCUT2D eigenvalue weighted by Crippen LogP contribution is 2.39. The lowest BCUT2D eigenvalue weighted by Gasteiger charge is -2.26. The second-order valence-electron chi connectivity index (χ2n) is 5.30. The molecule has 0 saturated heterocycles. The standard InChI is InChI=1S/C15H19NO2/c1-2-10(9-17)12-6-11-4-3-5-16-14(18)8-13(7-12)15(11)16/h6-7,10,17H,2-5,8-9H2,1H3. The molecule has 3 nitrogen and oxygen atoms in total. The summed E-state index contributed by atoms with van der Waals surface area (Å²) >= 11 is 0. The molecule has 1 amide bonds. The lowest BCUT2D eigenvalue weighted by molar-refractivity contribution is -0.117. The SMILES string of the molecule is CCC(CO)c1cc2c3c(c1)CC(=O)N3CCC2. The fraction of sp³-hybridized carbons (Fsp3) is 0.533. The molecule has 0 aliphatic carbocycles. The van der Waals surface area contributed by atoms with Crippen LogP contribution in [-0.2, 0) is 17.6 Å². The third-order valence-corrected chi connectivity index (χ3v) is 4.22. The number of aliphatic hydroxyl groups excluding tert-OH is 1. The van der Waals surface area contributed by atoms with Crippen LogP contribution in [0.1, 0.15) is 42.4 Å². The van der Waals surface area contributed by atoms with Gasteiger partial charge in [0.1, 0.15) is 0 Å². The number of nitrogens with zero attached hydrogens (tertiary/aromatic N) is 1. The van der Waals surface area contributed by atoms with Gasteiger partial charge in [0, 0.05) is 19.1 Å². The minimum atomic E-state index is 0.187. The number of hydrogen-bond acceptors (Lipinski definition) is 2. The largest absolute Gasteiger partial charge is 0.396 e.